The Morgan fingerprint density at radius 2 is 2.00 bits per heavy atom. The van der Waals surface area contributed by atoms with Crippen LogP contribution in [0.1, 0.15) is 37.6 Å². The van der Waals surface area contributed by atoms with E-state index in [1.54, 1.807) is 13.3 Å². The first-order valence-corrected chi connectivity index (χ1v) is 7.29. The van der Waals surface area contributed by atoms with Crippen LogP contribution in [-0.4, -0.2) is 23.5 Å². The summed E-state index contributed by atoms with van der Waals surface area (Å²) >= 11 is 0. The predicted molar refractivity (Wildman–Crippen MR) is 82.7 cm³/mol. The van der Waals surface area contributed by atoms with Gasteiger partial charge in [-0.3, -0.25) is 4.68 Å². The van der Waals surface area contributed by atoms with E-state index >= 15 is 0 Å². The second-order valence-electron chi connectivity index (χ2n) is 4.77. The maximum absolute atomic E-state index is 6.48. The minimum atomic E-state index is -0.336. The molecule has 21 heavy (non-hydrogen) atoms. The molecule has 0 saturated heterocycles. The van der Waals surface area contributed by atoms with Gasteiger partial charge in [0.05, 0.1) is 26.0 Å². The fourth-order valence-electron chi connectivity index (χ4n) is 2.41. The van der Waals surface area contributed by atoms with Crippen LogP contribution in [0.3, 0.4) is 0 Å². The minimum absolute atomic E-state index is 0.336. The van der Waals surface area contributed by atoms with Gasteiger partial charge in [-0.1, -0.05) is 25.1 Å². The van der Waals surface area contributed by atoms with Crippen molar-refractivity contribution >= 4 is 0 Å². The highest BCUT2D eigenvalue weighted by molar-refractivity contribution is 5.43. The van der Waals surface area contributed by atoms with E-state index in [0.29, 0.717) is 12.4 Å². The lowest BCUT2D eigenvalue weighted by molar-refractivity contribution is 0.334. The normalized spacial score (nSPS) is 12.2. The van der Waals surface area contributed by atoms with Crippen LogP contribution in [0.5, 0.6) is 11.5 Å². The summed E-state index contributed by atoms with van der Waals surface area (Å²) in [5.74, 6) is 1.51. The van der Waals surface area contributed by atoms with Crippen molar-refractivity contribution in [1.29, 1.82) is 0 Å². The number of hydrogen-bond acceptors (Lipinski definition) is 4. The Morgan fingerprint density at radius 3 is 2.67 bits per heavy atom. The number of benzene rings is 1. The minimum Gasteiger partial charge on any atom is -0.494 e. The third kappa shape index (κ3) is 3.19. The van der Waals surface area contributed by atoms with Gasteiger partial charge in [0, 0.05) is 12.1 Å². The Hall–Kier alpha value is -2.01. The zero-order valence-electron chi connectivity index (χ0n) is 12.9. The number of para-hydroxylation sites is 1. The van der Waals surface area contributed by atoms with Gasteiger partial charge in [-0.2, -0.15) is 5.10 Å². The third-order valence-corrected chi connectivity index (χ3v) is 3.35. The molecule has 2 aromatic rings. The molecular weight excluding hydrogens is 266 g/mol. The summed E-state index contributed by atoms with van der Waals surface area (Å²) in [7, 11) is 1.64. The lowest BCUT2D eigenvalue weighted by Gasteiger charge is -2.19. The van der Waals surface area contributed by atoms with Crippen molar-refractivity contribution in [3.63, 3.8) is 0 Å². The molecule has 1 aromatic heterocycles. The Balaban J connectivity index is 2.44. The molecule has 2 N–H and O–H groups in total. The van der Waals surface area contributed by atoms with E-state index in [1.807, 2.05) is 35.9 Å². The fraction of sp³-hybridized carbons (Fsp3) is 0.438. The van der Waals surface area contributed by atoms with E-state index < -0.39 is 0 Å². The maximum Gasteiger partial charge on any atom is 0.161 e. The van der Waals surface area contributed by atoms with Crippen molar-refractivity contribution in [2.75, 3.05) is 13.7 Å². The molecule has 0 bridgehead atoms. The van der Waals surface area contributed by atoms with Crippen LogP contribution in [0.2, 0.25) is 0 Å². The van der Waals surface area contributed by atoms with Crippen molar-refractivity contribution in [2.45, 2.75) is 32.9 Å². The molecule has 0 spiro atoms. The van der Waals surface area contributed by atoms with Crippen LogP contribution in [0.4, 0.5) is 0 Å². The van der Waals surface area contributed by atoms with Crippen molar-refractivity contribution in [2.24, 2.45) is 5.73 Å². The number of nitrogens with two attached hydrogens (primary N) is 1. The van der Waals surface area contributed by atoms with Gasteiger partial charge in [-0.15, -0.1) is 0 Å². The summed E-state index contributed by atoms with van der Waals surface area (Å²) in [6.07, 6.45) is 2.70. The van der Waals surface area contributed by atoms with Crippen LogP contribution < -0.4 is 15.2 Å². The molecule has 114 valence electrons. The van der Waals surface area contributed by atoms with Gasteiger partial charge in [-0.25, -0.2) is 0 Å². The van der Waals surface area contributed by atoms with Crippen LogP contribution in [0, 0.1) is 0 Å². The quantitative estimate of drug-likeness (QED) is 0.851. The zero-order chi connectivity index (χ0) is 15.2. The largest absolute Gasteiger partial charge is 0.494 e. The first-order chi connectivity index (χ1) is 10.2. The second kappa shape index (κ2) is 7.13. The van der Waals surface area contributed by atoms with Crippen molar-refractivity contribution in [1.82, 2.24) is 9.78 Å². The summed E-state index contributed by atoms with van der Waals surface area (Å²) in [4.78, 5) is 0. The number of rotatable bonds is 7. The summed E-state index contributed by atoms with van der Waals surface area (Å²) in [6.45, 7) is 5.49. The monoisotopic (exact) mass is 289 g/mol. The Kier molecular flexibility index (Phi) is 5.22. The first kappa shape index (κ1) is 15.4. The summed E-state index contributed by atoms with van der Waals surface area (Å²) in [6, 6.07) is 7.49. The molecule has 1 unspecified atom stereocenters. The SMILES string of the molecule is CCCn1ncc(OC)c1C(N)c1ccccc1OCC. The summed E-state index contributed by atoms with van der Waals surface area (Å²) in [5.41, 5.74) is 8.30. The standard InChI is InChI=1S/C16H23N3O2/c1-4-10-19-16(14(20-3)11-18-19)15(17)12-8-6-7-9-13(12)21-5-2/h6-9,11,15H,4-5,10,17H2,1-3H3. The highest BCUT2D eigenvalue weighted by atomic mass is 16.5. The van der Waals surface area contributed by atoms with E-state index in [0.717, 1.165) is 30.0 Å². The molecule has 0 aliphatic heterocycles. The lowest BCUT2D eigenvalue weighted by Crippen LogP contribution is -2.19. The van der Waals surface area contributed by atoms with Crippen molar-refractivity contribution in [3.8, 4) is 11.5 Å². The smallest absolute Gasteiger partial charge is 0.161 e. The zero-order valence-corrected chi connectivity index (χ0v) is 12.9. The molecule has 5 heteroatoms. The van der Waals surface area contributed by atoms with Gasteiger partial charge in [0.25, 0.3) is 0 Å². The highest BCUT2D eigenvalue weighted by Crippen LogP contribution is 2.33. The van der Waals surface area contributed by atoms with Crippen LogP contribution in [0.25, 0.3) is 0 Å². The molecular formula is C16H23N3O2. The molecule has 2 rings (SSSR count). The lowest BCUT2D eigenvalue weighted by atomic mass is 10.0. The predicted octanol–water partition coefficient (Wildman–Crippen LogP) is 2.75. The first-order valence-electron chi connectivity index (χ1n) is 7.29. The number of nitrogens with zero attached hydrogens (tertiary/aromatic N) is 2. The van der Waals surface area contributed by atoms with Gasteiger partial charge in [-0.05, 0) is 19.4 Å². The Morgan fingerprint density at radius 1 is 1.24 bits per heavy atom. The molecule has 0 fully saturated rings. The fourth-order valence-corrected chi connectivity index (χ4v) is 2.41. The number of methoxy groups -OCH3 is 1. The van der Waals surface area contributed by atoms with Crippen LogP contribution in [0.15, 0.2) is 30.5 Å². The van der Waals surface area contributed by atoms with E-state index in [1.165, 1.54) is 0 Å². The van der Waals surface area contributed by atoms with Crippen molar-refractivity contribution < 1.29 is 9.47 Å². The Bertz CT molecular complexity index is 581. The van der Waals surface area contributed by atoms with E-state index in [4.69, 9.17) is 15.2 Å². The molecule has 1 aromatic carbocycles. The molecule has 0 aliphatic rings. The third-order valence-electron chi connectivity index (χ3n) is 3.35. The molecule has 1 atom stereocenters. The molecule has 0 aliphatic carbocycles. The number of hydrogen-bond donors (Lipinski definition) is 1. The van der Waals surface area contributed by atoms with Crippen LogP contribution >= 0.6 is 0 Å². The van der Waals surface area contributed by atoms with E-state index in [9.17, 15) is 0 Å². The average Bonchev–Trinajstić information content (AvgIpc) is 2.91. The molecule has 5 nitrogen and oxygen atoms in total. The van der Waals surface area contributed by atoms with Gasteiger partial charge in [0.15, 0.2) is 5.75 Å². The van der Waals surface area contributed by atoms with E-state index in [2.05, 4.69) is 12.0 Å². The van der Waals surface area contributed by atoms with Crippen molar-refractivity contribution in [3.05, 3.63) is 41.7 Å². The number of ether oxygens (including phenoxy) is 2. The number of aryl methyl sites for hydroxylation is 1. The van der Waals surface area contributed by atoms with Gasteiger partial charge < -0.3 is 15.2 Å². The van der Waals surface area contributed by atoms with Gasteiger partial charge in [0.2, 0.25) is 0 Å². The summed E-state index contributed by atoms with van der Waals surface area (Å²) < 4.78 is 13.0. The topological polar surface area (TPSA) is 62.3 Å². The molecule has 1 heterocycles. The second-order valence-corrected chi connectivity index (χ2v) is 4.77. The average molecular weight is 289 g/mol. The molecule has 0 radical (unpaired) electrons. The van der Waals surface area contributed by atoms with Crippen LogP contribution in [-0.2, 0) is 6.54 Å². The van der Waals surface area contributed by atoms with Gasteiger partial charge >= 0.3 is 0 Å². The highest BCUT2D eigenvalue weighted by Gasteiger charge is 2.22. The number of aromatic nitrogens is 2. The van der Waals surface area contributed by atoms with E-state index in [-0.39, 0.29) is 6.04 Å². The summed E-state index contributed by atoms with van der Waals surface area (Å²) in [5, 5.41) is 4.37. The van der Waals surface area contributed by atoms with Gasteiger partial charge in [0.1, 0.15) is 11.4 Å². The molecule has 0 saturated carbocycles. The molecule has 0 amide bonds. The maximum atomic E-state index is 6.48. The Labute approximate surface area is 125 Å².